The summed E-state index contributed by atoms with van der Waals surface area (Å²) >= 11 is 1.33. The zero-order valence-corrected chi connectivity index (χ0v) is 16.8. The van der Waals surface area contributed by atoms with Crippen LogP contribution in [0.1, 0.15) is 43.4 Å². The number of thiophene rings is 1. The summed E-state index contributed by atoms with van der Waals surface area (Å²) in [6, 6.07) is 3.58. The third kappa shape index (κ3) is 5.28. The van der Waals surface area contributed by atoms with Gasteiger partial charge < -0.3 is 10.6 Å². The first-order chi connectivity index (χ1) is 12.6. The molecular weight excluding hydrogens is 370 g/mol. The van der Waals surface area contributed by atoms with E-state index in [1.54, 1.807) is 10.4 Å². The topological polar surface area (TPSA) is 78.5 Å². The Hall–Kier alpha value is -0.960. The molecule has 3 heterocycles. The molecule has 1 aromatic heterocycles. The van der Waals surface area contributed by atoms with Gasteiger partial charge in [-0.15, -0.1) is 11.3 Å². The predicted molar refractivity (Wildman–Crippen MR) is 104 cm³/mol. The van der Waals surface area contributed by atoms with Crippen molar-refractivity contribution < 1.29 is 13.2 Å². The van der Waals surface area contributed by atoms with Gasteiger partial charge in [-0.05, 0) is 63.2 Å². The molecule has 146 valence electrons. The van der Waals surface area contributed by atoms with Gasteiger partial charge in [0, 0.05) is 30.9 Å². The van der Waals surface area contributed by atoms with Gasteiger partial charge in [-0.3, -0.25) is 4.79 Å². The number of nitrogens with one attached hydrogen (secondary N) is 2. The van der Waals surface area contributed by atoms with Crippen molar-refractivity contribution in [2.24, 2.45) is 5.92 Å². The lowest BCUT2D eigenvalue weighted by atomic mass is 10.0. The number of amides is 1. The molecule has 1 amide bonds. The number of hydrogen-bond donors (Lipinski definition) is 2. The van der Waals surface area contributed by atoms with E-state index < -0.39 is 10.0 Å². The maximum Gasteiger partial charge on any atom is 0.252 e. The monoisotopic (exact) mass is 399 g/mol. The first kappa shape index (κ1) is 19.8. The van der Waals surface area contributed by atoms with Crippen LogP contribution in [0.25, 0.3) is 0 Å². The normalized spacial score (nSPS) is 21.8. The summed E-state index contributed by atoms with van der Waals surface area (Å²) in [5.74, 6) is 0.718. The Morgan fingerprint density at radius 1 is 1.27 bits per heavy atom. The van der Waals surface area contributed by atoms with Crippen LogP contribution >= 0.6 is 11.3 Å². The van der Waals surface area contributed by atoms with Crippen LogP contribution in [-0.4, -0.2) is 51.4 Å². The van der Waals surface area contributed by atoms with Crippen LogP contribution < -0.4 is 10.6 Å². The van der Waals surface area contributed by atoms with Crippen LogP contribution in [0.4, 0.5) is 0 Å². The molecule has 8 heteroatoms. The fourth-order valence-electron chi connectivity index (χ4n) is 3.57. The van der Waals surface area contributed by atoms with Gasteiger partial charge in [-0.25, -0.2) is 8.42 Å². The van der Waals surface area contributed by atoms with Gasteiger partial charge in [0.2, 0.25) is 5.91 Å². The molecule has 1 atom stereocenters. The fraction of sp³-hybridized carbons (Fsp3) is 0.722. The average molecular weight is 400 g/mol. The Kier molecular flexibility index (Phi) is 7.08. The third-order valence-electron chi connectivity index (χ3n) is 5.18. The maximum absolute atomic E-state index is 12.7. The molecule has 2 aliphatic heterocycles. The van der Waals surface area contributed by atoms with E-state index in [-0.39, 0.29) is 5.91 Å². The van der Waals surface area contributed by atoms with Crippen molar-refractivity contribution in [1.29, 1.82) is 0 Å². The van der Waals surface area contributed by atoms with Crippen molar-refractivity contribution >= 4 is 27.3 Å². The van der Waals surface area contributed by atoms with Crippen molar-refractivity contribution in [3.8, 4) is 0 Å². The van der Waals surface area contributed by atoms with Crippen molar-refractivity contribution in [3.05, 3.63) is 17.0 Å². The second-order valence-corrected chi connectivity index (χ2v) is 10.5. The van der Waals surface area contributed by atoms with Crippen LogP contribution in [-0.2, 0) is 21.2 Å². The van der Waals surface area contributed by atoms with Crippen LogP contribution in [0.2, 0.25) is 0 Å². The van der Waals surface area contributed by atoms with Gasteiger partial charge >= 0.3 is 0 Å². The molecule has 0 aromatic carbocycles. The molecule has 3 rings (SSSR count). The molecule has 2 N–H and O–H groups in total. The minimum Gasteiger partial charge on any atom is -0.356 e. The van der Waals surface area contributed by atoms with E-state index in [0.717, 1.165) is 50.1 Å². The van der Waals surface area contributed by atoms with Gasteiger partial charge in [-0.2, -0.15) is 4.31 Å². The molecule has 0 saturated carbocycles. The summed E-state index contributed by atoms with van der Waals surface area (Å²) in [6.45, 7) is 3.90. The molecule has 0 aliphatic carbocycles. The first-order valence-electron chi connectivity index (χ1n) is 9.62. The SMILES string of the molecule is O=C(CCC1CCNC1)NCCc1ccc(S(=O)(=O)N2CCCCC2)s1. The highest BCUT2D eigenvalue weighted by atomic mass is 32.2. The number of carbonyl (C=O) groups excluding carboxylic acids is 1. The zero-order chi connectivity index (χ0) is 18.4. The zero-order valence-electron chi connectivity index (χ0n) is 15.2. The van der Waals surface area contributed by atoms with E-state index in [1.165, 1.54) is 11.3 Å². The van der Waals surface area contributed by atoms with E-state index >= 15 is 0 Å². The number of rotatable bonds is 8. The highest BCUT2D eigenvalue weighted by molar-refractivity contribution is 7.91. The second-order valence-electron chi connectivity index (χ2n) is 7.18. The van der Waals surface area contributed by atoms with E-state index in [1.807, 2.05) is 6.07 Å². The molecule has 26 heavy (non-hydrogen) atoms. The minimum atomic E-state index is -3.34. The third-order valence-corrected chi connectivity index (χ3v) is 8.69. The molecule has 6 nitrogen and oxygen atoms in total. The Morgan fingerprint density at radius 2 is 2.08 bits per heavy atom. The van der Waals surface area contributed by atoms with Gasteiger partial charge in [0.15, 0.2) is 0 Å². The number of sulfonamides is 1. The fourth-order valence-corrected chi connectivity index (χ4v) is 6.60. The van der Waals surface area contributed by atoms with Gasteiger partial charge in [0.05, 0.1) is 0 Å². The molecule has 2 fully saturated rings. The van der Waals surface area contributed by atoms with Gasteiger partial charge in [0.1, 0.15) is 4.21 Å². The predicted octanol–water partition coefficient (Wildman–Crippen LogP) is 1.97. The Bertz CT molecular complexity index is 690. The molecule has 0 radical (unpaired) electrons. The molecule has 1 unspecified atom stereocenters. The molecule has 0 bridgehead atoms. The minimum absolute atomic E-state index is 0.0922. The van der Waals surface area contributed by atoms with Crippen LogP contribution in [0.15, 0.2) is 16.3 Å². The highest BCUT2D eigenvalue weighted by Crippen LogP contribution is 2.27. The lowest BCUT2D eigenvalue weighted by Crippen LogP contribution is -2.35. The van der Waals surface area contributed by atoms with Crippen LogP contribution in [0, 0.1) is 5.92 Å². The Balaban J connectivity index is 1.42. The van der Waals surface area contributed by atoms with Gasteiger partial charge in [-0.1, -0.05) is 6.42 Å². The standard InChI is InChI=1S/C18H29N3O3S2/c22-17(6-4-15-8-10-19-14-15)20-11-9-16-5-7-18(25-16)26(23,24)21-12-2-1-3-13-21/h5,7,15,19H,1-4,6,8-14H2,(H,20,22). The number of piperidine rings is 1. The lowest BCUT2D eigenvalue weighted by molar-refractivity contribution is -0.121. The van der Waals surface area contributed by atoms with Crippen LogP contribution in [0.5, 0.6) is 0 Å². The largest absolute Gasteiger partial charge is 0.356 e. The van der Waals surface area contributed by atoms with Crippen molar-refractivity contribution in [1.82, 2.24) is 14.9 Å². The molecule has 2 aliphatic rings. The van der Waals surface area contributed by atoms with Crippen molar-refractivity contribution in [2.45, 2.75) is 49.2 Å². The van der Waals surface area contributed by atoms with Gasteiger partial charge in [0.25, 0.3) is 10.0 Å². The number of carbonyl (C=O) groups is 1. The summed E-state index contributed by atoms with van der Waals surface area (Å²) in [6.07, 6.45) is 6.36. The molecular formula is C18H29N3O3S2. The quantitative estimate of drug-likeness (QED) is 0.701. The Morgan fingerprint density at radius 3 is 2.81 bits per heavy atom. The molecule has 1 aromatic rings. The molecule has 2 saturated heterocycles. The van der Waals surface area contributed by atoms with E-state index in [2.05, 4.69) is 10.6 Å². The van der Waals surface area contributed by atoms with Crippen molar-refractivity contribution in [3.63, 3.8) is 0 Å². The van der Waals surface area contributed by atoms with E-state index in [4.69, 9.17) is 0 Å². The summed E-state index contributed by atoms with van der Waals surface area (Å²) < 4.78 is 27.3. The summed E-state index contributed by atoms with van der Waals surface area (Å²) in [7, 11) is -3.34. The first-order valence-corrected chi connectivity index (χ1v) is 11.9. The smallest absolute Gasteiger partial charge is 0.252 e. The Labute approximate surface area is 160 Å². The lowest BCUT2D eigenvalue weighted by Gasteiger charge is -2.25. The summed E-state index contributed by atoms with van der Waals surface area (Å²) in [5, 5.41) is 6.27. The molecule has 0 spiro atoms. The summed E-state index contributed by atoms with van der Waals surface area (Å²) in [4.78, 5) is 12.9. The van der Waals surface area contributed by atoms with E-state index in [0.29, 0.717) is 42.6 Å². The van der Waals surface area contributed by atoms with Crippen LogP contribution in [0.3, 0.4) is 0 Å². The van der Waals surface area contributed by atoms with Crippen molar-refractivity contribution in [2.75, 3.05) is 32.7 Å². The maximum atomic E-state index is 12.7. The number of nitrogens with zero attached hydrogens (tertiary/aromatic N) is 1. The summed E-state index contributed by atoms with van der Waals surface area (Å²) in [5.41, 5.74) is 0. The van der Waals surface area contributed by atoms with E-state index in [9.17, 15) is 13.2 Å². The highest BCUT2D eigenvalue weighted by Gasteiger charge is 2.27. The average Bonchev–Trinajstić information content (AvgIpc) is 3.33. The number of hydrogen-bond acceptors (Lipinski definition) is 5. The second kappa shape index (κ2) is 9.30.